The van der Waals surface area contributed by atoms with Crippen molar-refractivity contribution in [3.8, 4) is 39.3 Å². The maximum absolute atomic E-state index is 5.51. The number of para-hydroxylation sites is 1. The number of ether oxygens (including phenoxy) is 2. The molecule has 5 aromatic rings. The molecule has 0 aliphatic carbocycles. The molecular formula is C21H14N4O3S. The van der Waals surface area contributed by atoms with E-state index >= 15 is 0 Å². The zero-order valence-electron chi connectivity index (χ0n) is 15.3. The average molecular weight is 402 g/mol. The van der Waals surface area contributed by atoms with Crippen LogP contribution in [0.25, 0.3) is 38.1 Å². The van der Waals surface area contributed by atoms with E-state index in [1.165, 1.54) is 0 Å². The molecule has 0 bridgehead atoms. The van der Waals surface area contributed by atoms with E-state index in [9.17, 15) is 0 Å². The van der Waals surface area contributed by atoms with Crippen molar-refractivity contribution < 1.29 is 14.0 Å². The van der Waals surface area contributed by atoms with Crippen LogP contribution in [-0.4, -0.2) is 26.7 Å². The van der Waals surface area contributed by atoms with E-state index in [-0.39, 0.29) is 6.79 Å². The number of rotatable bonds is 3. The highest BCUT2D eigenvalue weighted by Gasteiger charge is 2.20. The third-order valence-electron chi connectivity index (χ3n) is 4.81. The smallest absolute Gasteiger partial charge is 0.258 e. The summed E-state index contributed by atoms with van der Waals surface area (Å²) >= 11 is 1.59. The van der Waals surface area contributed by atoms with Crippen LogP contribution in [0.5, 0.6) is 11.5 Å². The van der Waals surface area contributed by atoms with Gasteiger partial charge in [0.2, 0.25) is 12.6 Å². The van der Waals surface area contributed by atoms with Gasteiger partial charge in [0.25, 0.3) is 5.89 Å². The molecule has 1 aliphatic rings. The van der Waals surface area contributed by atoms with Crippen LogP contribution in [0.2, 0.25) is 0 Å². The second kappa shape index (κ2) is 6.18. The summed E-state index contributed by atoms with van der Waals surface area (Å²) in [7, 11) is 0. The number of aromatic nitrogens is 4. The summed E-state index contributed by atoms with van der Waals surface area (Å²) in [6, 6.07) is 17.7. The van der Waals surface area contributed by atoms with Crippen LogP contribution >= 0.6 is 11.3 Å². The second-order valence-corrected chi connectivity index (χ2v) is 7.68. The Hall–Kier alpha value is -3.65. The lowest BCUT2D eigenvalue weighted by Gasteiger charge is -2.00. The quantitative estimate of drug-likeness (QED) is 0.430. The lowest BCUT2D eigenvalue weighted by atomic mass is 10.2. The van der Waals surface area contributed by atoms with Gasteiger partial charge >= 0.3 is 0 Å². The van der Waals surface area contributed by atoms with E-state index in [0.717, 1.165) is 37.8 Å². The van der Waals surface area contributed by atoms with E-state index in [2.05, 4.69) is 21.3 Å². The lowest BCUT2D eigenvalue weighted by molar-refractivity contribution is 0.174. The predicted molar refractivity (Wildman–Crippen MR) is 109 cm³/mol. The standard InChI is InChI=1S/C21H14N4O3S/c1-12-15-10-18(29-21(15)25(23-12)14-5-3-2-4-6-14)19-22-20(28-24-19)13-7-8-16-17(9-13)27-11-26-16/h2-10H,11H2,1H3. The molecule has 6 rings (SSSR count). The Morgan fingerprint density at radius 2 is 1.86 bits per heavy atom. The molecule has 0 amide bonds. The minimum Gasteiger partial charge on any atom is -0.454 e. The van der Waals surface area contributed by atoms with Crippen molar-refractivity contribution >= 4 is 21.6 Å². The van der Waals surface area contributed by atoms with Crippen molar-refractivity contribution in [2.75, 3.05) is 6.79 Å². The van der Waals surface area contributed by atoms with Crippen molar-refractivity contribution in [2.24, 2.45) is 0 Å². The predicted octanol–water partition coefficient (Wildman–Crippen LogP) is 4.84. The summed E-state index contributed by atoms with van der Waals surface area (Å²) in [5, 5.41) is 9.95. The van der Waals surface area contributed by atoms with Crippen LogP contribution < -0.4 is 9.47 Å². The maximum Gasteiger partial charge on any atom is 0.258 e. The largest absolute Gasteiger partial charge is 0.454 e. The zero-order chi connectivity index (χ0) is 19.4. The van der Waals surface area contributed by atoms with Crippen molar-refractivity contribution in [3.63, 3.8) is 0 Å². The lowest BCUT2D eigenvalue weighted by Crippen LogP contribution is -1.94. The van der Waals surface area contributed by atoms with Gasteiger partial charge in [0, 0.05) is 10.9 Å². The summed E-state index contributed by atoms with van der Waals surface area (Å²) in [5.74, 6) is 2.40. The fourth-order valence-corrected chi connectivity index (χ4v) is 4.48. The molecule has 3 aromatic heterocycles. The van der Waals surface area contributed by atoms with E-state index < -0.39 is 0 Å². The van der Waals surface area contributed by atoms with Gasteiger partial charge in [-0.25, -0.2) is 4.68 Å². The number of aryl methyl sites for hydroxylation is 1. The highest BCUT2D eigenvalue weighted by molar-refractivity contribution is 7.21. The normalized spacial score (nSPS) is 12.7. The third-order valence-corrected chi connectivity index (χ3v) is 5.92. The van der Waals surface area contributed by atoms with Crippen molar-refractivity contribution in [1.29, 1.82) is 0 Å². The van der Waals surface area contributed by atoms with Crippen LogP contribution in [0.1, 0.15) is 5.69 Å². The van der Waals surface area contributed by atoms with E-state index in [4.69, 9.17) is 14.0 Å². The van der Waals surface area contributed by atoms with E-state index in [1.807, 2.05) is 60.1 Å². The second-order valence-electron chi connectivity index (χ2n) is 6.65. The first kappa shape index (κ1) is 16.3. The first-order valence-electron chi connectivity index (χ1n) is 9.05. The molecule has 7 nitrogen and oxygen atoms in total. The van der Waals surface area contributed by atoms with Crippen LogP contribution in [0.4, 0.5) is 0 Å². The monoisotopic (exact) mass is 402 g/mol. The van der Waals surface area contributed by atoms with Gasteiger partial charge in [-0.15, -0.1) is 11.3 Å². The molecule has 0 radical (unpaired) electrons. The molecule has 0 unspecified atom stereocenters. The Bertz CT molecular complexity index is 1350. The molecule has 142 valence electrons. The Morgan fingerprint density at radius 1 is 1.00 bits per heavy atom. The minimum atomic E-state index is 0.230. The summed E-state index contributed by atoms with van der Waals surface area (Å²) in [6.45, 7) is 2.24. The van der Waals surface area contributed by atoms with E-state index in [0.29, 0.717) is 17.5 Å². The number of fused-ring (bicyclic) bond motifs is 2. The van der Waals surface area contributed by atoms with Gasteiger partial charge in [-0.2, -0.15) is 10.1 Å². The molecule has 4 heterocycles. The number of nitrogens with zero attached hydrogens (tertiary/aromatic N) is 4. The van der Waals surface area contributed by atoms with Gasteiger partial charge in [0.1, 0.15) is 4.83 Å². The first-order valence-corrected chi connectivity index (χ1v) is 9.86. The molecule has 29 heavy (non-hydrogen) atoms. The molecule has 0 atom stereocenters. The highest BCUT2D eigenvalue weighted by Crippen LogP contribution is 2.38. The first-order chi connectivity index (χ1) is 14.3. The Morgan fingerprint density at radius 3 is 2.76 bits per heavy atom. The topological polar surface area (TPSA) is 75.2 Å². The van der Waals surface area contributed by atoms with Crippen molar-refractivity contribution in [3.05, 3.63) is 60.3 Å². The summed E-state index contributed by atoms with van der Waals surface area (Å²) in [6.07, 6.45) is 0. The number of benzene rings is 2. The number of thiophene rings is 1. The Labute approximate surface area is 169 Å². The Kier molecular flexibility index (Phi) is 3.48. The molecule has 2 aromatic carbocycles. The van der Waals surface area contributed by atoms with Gasteiger partial charge in [0.05, 0.1) is 16.3 Å². The van der Waals surface area contributed by atoms with E-state index in [1.54, 1.807) is 11.3 Å². The van der Waals surface area contributed by atoms with Crippen LogP contribution in [0.3, 0.4) is 0 Å². The number of hydrogen-bond donors (Lipinski definition) is 0. The van der Waals surface area contributed by atoms with Gasteiger partial charge < -0.3 is 14.0 Å². The van der Waals surface area contributed by atoms with Crippen LogP contribution in [-0.2, 0) is 0 Å². The van der Waals surface area contributed by atoms with Crippen LogP contribution in [0, 0.1) is 6.92 Å². The highest BCUT2D eigenvalue weighted by atomic mass is 32.1. The Balaban J connectivity index is 1.40. The maximum atomic E-state index is 5.51. The molecule has 0 fully saturated rings. The number of hydrogen-bond acceptors (Lipinski definition) is 7. The summed E-state index contributed by atoms with van der Waals surface area (Å²) in [5.41, 5.74) is 2.78. The van der Waals surface area contributed by atoms with Gasteiger partial charge in [0.15, 0.2) is 11.5 Å². The average Bonchev–Trinajstić information content (AvgIpc) is 3.52. The minimum absolute atomic E-state index is 0.230. The molecule has 8 heteroatoms. The van der Waals surface area contributed by atoms with Gasteiger partial charge in [-0.05, 0) is 43.3 Å². The molecule has 0 saturated heterocycles. The molecule has 0 spiro atoms. The SMILES string of the molecule is Cc1nn(-c2ccccc2)c2sc(-c3noc(-c4ccc5c(c4)OCO5)n3)cc12. The van der Waals surface area contributed by atoms with Gasteiger partial charge in [-0.3, -0.25) is 0 Å². The molecule has 1 aliphatic heterocycles. The third kappa shape index (κ3) is 2.60. The van der Waals surface area contributed by atoms with Crippen LogP contribution in [0.15, 0.2) is 59.1 Å². The molecule has 0 N–H and O–H groups in total. The fraction of sp³-hybridized carbons (Fsp3) is 0.0952. The van der Waals surface area contributed by atoms with Gasteiger partial charge in [-0.1, -0.05) is 23.4 Å². The van der Waals surface area contributed by atoms with Crippen molar-refractivity contribution in [1.82, 2.24) is 19.9 Å². The molecular weight excluding hydrogens is 388 g/mol. The molecule has 0 saturated carbocycles. The zero-order valence-corrected chi connectivity index (χ0v) is 16.1. The fourth-order valence-electron chi connectivity index (χ4n) is 3.37. The summed E-state index contributed by atoms with van der Waals surface area (Å²) < 4.78 is 18.2. The van der Waals surface area contributed by atoms with Crippen molar-refractivity contribution in [2.45, 2.75) is 6.92 Å². The summed E-state index contributed by atoms with van der Waals surface area (Å²) in [4.78, 5) is 6.57.